The molecule has 3 aliphatic heterocycles. The van der Waals surface area contributed by atoms with Crippen LogP contribution in [-0.2, 0) is 11.0 Å². The number of alkyl halides is 3. The molecule has 3 atom stereocenters. The van der Waals surface area contributed by atoms with E-state index in [4.69, 9.17) is 5.73 Å². The third kappa shape index (κ3) is 3.99. The molecule has 1 aromatic rings. The van der Waals surface area contributed by atoms with Gasteiger partial charge in [-0.3, -0.25) is 9.59 Å². The fourth-order valence-electron chi connectivity index (χ4n) is 4.80. The molecular weight excluding hydrogens is 403 g/mol. The van der Waals surface area contributed by atoms with E-state index in [9.17, 15) is 22.8 Å². The molecule has 1 aromatic carbocycles. The van der Waals surface area contributed by atoms with Crippen molar-refractivity contribution in [3.63, 3.8) is 0 Å². The van der Waals surface area contributed by atoms with Gasteiger partial charge < -0.3 is 15.5 Å². The molecule has 4 rings (SSSR count). The van der Waals surface area contributed by atoms with Gasteiger partial charge in [0.05, 0.1) is 17.5 Å². The molecule has 29 heavy (non-hydrogen) atoms. The summed E-state index contributed by atoms with van der Waals surface area (Å²) >= 11 is 1.72. The number of carbonyl (C=O) groups excluding carboxylic acids is 2. The number of thioether (sulfide) groups is 1. The summed E-state index contributed by atoms with van der Waals surface area (Å²) in [6.45, 7) is 0.731. The maximum Gasteiger partial charge on any atom is 0.416 e. The van der Waals surface area contributed by atoms with Crippen LogP contribution in [0.2, 0.25) is 0 Å². The zero-order valence-electron chi connectivity index (χ0n) is 15.9. The minimum atomic E-state index is -4.42. The molecule has 2 unspecified atom stereocenters. The molecule has 2 amide bonds. The summed E-state index contributed by atoms with van der Waals surface area (Å²) in [4.78, 5) is 29.2. The summed E-state index contributed by atoms with van der Waals surface area (Å²) in [7, 11) is 0. The van der Waals surface area contributed by atoms with Crippen LogP contribution in [0.3, 0.4) is 0 Å². The first-order chi connectivity index (χ1) is 13.8. The van der Waals surface area contributed by atoms with Crippen LogP contribution in [0.1, 0.15) is 41.6 Å². The fourth-order valence-corrected chi connectivity index (χ4v) is 5.75. The first kappa shape index (κ1) is 20.5. The fraction of sp³-hybridized carbons (Fsp3) is 0.600. The van der Waals surface area contributed by atoms with Gasteiger partial charge in [-0.25, -0.2) is 0 Å². The van der Waals surface area contributed by atoms with Gasteiger partial charge in [-0.1, -0.05) is 0 Å². The van der Waals surface area contributed by atoms with Crippen molar-refractivity contribution >= 4 is 23.6 Å². The van der Waals surface area contributed by atoms with Gasteiger partial charge in [0.25, 0.3) is 5.91 Å². The van der Waals surface area contributed by atoms with E-state index in [0.29, 0.717) is 18.7 Å². The van der Waals surface area contributed by atoms with E-state index in [1.54, 1.807) is 16.7 Å². The minimum absolute atomic E-state index is 0.0121. The summed E-state index contributed by atoms with van der Waals surface area (Å²) in [6.07, 6.45) is -1.41. The zero-order valence-corrected chi connectivity index (χ0v) is 16.7. The number of amides is 2. The van der Waals surface area contributed by atoms with Gasteiger partial charge in [0, 0.05) is 29.9 Å². The molecule has 0 aromatic heterocycles. The van der Waals surface area contributed by atoms with E-state index >= 15 is 0 Å². The average molecular weight is 427 g/mol. The van der Waals surface area contributed by atoms with E-state index in [1.807, 2.05) is 4.90 Å². The number of hydrogen-bond acceptors (Lipinski definition) is 4. The average Bonchev–Trinajstić information content (AvgIpc) is 3.32. The highest BCUT2D eigenvalue weighted by Crippen LogP contribution is 2.41. The molecule has 0 spiro atoms. The molecule has 3 saturated heterocycles. The molecule has 0 saturated carbocycles. The molecule has 3 fully saturated rings. The monoisotopic (exact) mass is 427 g/mol. The van der Waals surface area contributed by atoms with Crippen molar-refractivity contribution in [1.29, 1.82) is 0 Å². The van der Waals surface area contributed by atoms with Crippen LogP contribution in [0.5, 0.6) is 0 Å². The minimum Gasteiger partial charge on any atom is -0.333 e. The first-order valence-electron chi connectivity index (χ1n) is 9.87. The Morgan fingerprint density at radius 1 is 1.10 bits per heavy atom. The second kappa shape index (κ2) is 7.83. The van der Waals surface area contributed by atoms with Gasteiger partial charge >= 0.3 is 6.18 Å². The number of hydrogen-bond donors (Lipinski definition) is 1. The molecule has 3 heterocycles. The third-order valence-electron chi connectivity index (χ3n) is 6.32. The van der Waals surface area contributed by atoms with Crippen LogP contribution >= 0.6 is 11.8 Å². The Bertz CT molecular complexity index is 766. The quantitative estimate of drug-likeness (QED) is 0.806. The number of rotatable bonds is 3. The summed E-state index contributed by atoms with van der Waals surface area (Å²) in [6, 6.07) is 3.81. The van der Waals surface area contributed by atoms with Crippen molar-refractivity contribution in [3.05, 3.63) is 35.4 Å². The molecule has 0 radical (unpaired) electrons. The number of nitrogens with zero attached hydrogens (tertiary/aromatic N) is 2. The van der Waals surface area contributed by atoms with E-state index in [1.165, 1.54) is 12.1 Å². The molecule has 2 bridgehead atoms. The summed E-state index contributed by atoms with van der Waals surface area (Å²) in [5.41, 5.74) is 5.81. The van der Waals surface area contributed by atoms with Crippen molar-refractivity contribution in [2.75, 3.05) is 18.2 Å². The van der Waals surface area contributed by atoms with E-state index < -0.39 is 17.8 Å². The van der Waals surface area contributed by atoms with Gasteiger partial charge in [0.15, 0.2) is 0 Å². The van der Waals surface area contributed by atoms with Crippen molar-refractivity contribution < 1.29 is 22.8 Å². The lowest BCUT2D eigenvalue weighted by molar-refractivity contribution is -0.137. The van der Waals surface area contributed by atoms with Crippen molar-refractivity contribution in [3.8, 4) is 0 Å². The van der Waals surface area contributed by atoms with Crippen LogP contribution < -0.4 is 5.73 Å². The number of benzene rings is 1. The molecule has 0 aliphatic carbocycles. The molecule has 3 aliphatic rings. The predicted molar refractivity (Wildman–Crippen MR) is 104 cm³/mol. The third-order valence-corrected chi connectivity index (χ3v) is 7.29. The Kier molecular flexibility index (Phi) is 5.54. The number of fused-ring (bicyclic) bond motifs is 2. The molecule has 158 valence electrons. The Balaban J connectivity index is 1.44. The smallest absolute Gasteiger partial charge is 0.333 e. The Hall–Kier alpha value is -1.74. The van der Waals surface area contributed by atoms with Crippen molar-refractivity contribution in [2.45, 2.75) is 50.0 Å². The van der Waals surface area contributed by atoms with E-state index in [2.05, 4.69) is 0 Å². The van der Waals surface area contributed by atoms with Crippen LogP contribution in [0.4, 0.5) is 13.2 Å². The van der Waals surface area contributed by atoms with Crippen molar-refractivity contribution in [1.82, 2.24) is 9.80 Å². The van der Waals surface area contributed by atoms with E-state index in [0.717, 1.165) is 37.3 Å². The highest BCUT2D eigenvalue weighted by molar-refractivity contribution is 7.99. The number of piperidine rings is 1. The SMILES string of the molecule is N[C@H](C(=O)N1CCSC1)C1CC2CCC(C1)N2C(=O)c1ccc(C(F)(F)F)cc1. The molecule has 9 heteroatoms. The normalized spacial score (nSPS) is 27.9. The van der Waals surface area contributed by atoms with Crippen LogP contribution in [-0.4, -0.2) is 57.9 Å². The van der Waals surface area contributed by atoms with Gasteiger partial charge in [0.1, 0.15) is 0 Å². The predicted octanol–water partition coefficient (Wildman–Crippen LogP) is 2.95. The number of nitrogens with two attached hydrogens (primary N) is 1. The highest BCUT2D eigenvalue weighted by Gasteiger charge is 2.46. The summed E-state index contributed by atoms with van der Waals surface area (Å²) < 4.78 is 38.3. The summed E-state index contributed by atoms with van der Waals surface area (Å²) in [5, 5.41) is 0. The standard InChI is InChI=1S/C20H24F3N3O2S/c21-20(22,23)14-3-1-12(2-4-14)18(27)26-15-5-6-16(26)10-13(9-15)17(24)19(28)25-7-8-29-11-25/h1-4,13,15-17H,5-11,24H2/t13?,15?,16?,17-/m0/s1. The van der Waals surface area contributed by atoms with Gasteiger partial charge in [0.2, 0.25) is 5.91 Å². The lowest BCUT2D eigenvalue weighted by Gasteiger charge is -2.41. The Morgan fingerprint density at radius 3 is 2.24 bits per heavy atom. The maximum atomic E-state index is 13.0. The van der Waals surface area contributed by atoms with Gasteiger partial charge in [-0.15, -0.1) is 11.8 Å². The van der Waals surface area contributed by atoms with Gasteiger partial charge in [-0.05, 0) is 55.9 Å². The highest BCUT2D eigenvalue weighted by atomic mass is 32.2. The lowest BCUT2D eigenvalue weighted by Crippen LogP contribution is -2.54. The molecule has 2 N–H and O–H groups in total. The number of carbonyl (C=O) groups is 2. The van der Waals surface area contributed by atoms with E-state index in [-0.39, 0.29) is 35.4 Å². The second-order valence-electron chi connectivity index (χ2n) is 8.07. The zero-order chi connectivity index (χ0) is 20.8. The molecular formula is C20H24F3N3O2S. The van der Waals surface area contributed by atoms with Crippen LogP contribution in [0.15, 0.2) is 24.3 Å². The maximum absolute atomic E-state index is 13.0. The van der Waals surface area contributed by atoms with Gasteiger partial charge in [-0.2, -0.15) is 13.2 Å². The van der Waals surface area contributed by atoms with Crippen molar-refractivity contribution in [2.24, 2.45) is 11.7 Å². The lowest BCUT2D eigenvalue weighted by atomic mass is 9.84. The Morgan fingerprint density at radius 2 is 1.72 bits per heavy atom. The Labute approximate surface area is 171 Å². The molecule has 5 nitrogen and oxygen atoms in total. The number of halogens is 3. The summed E-state index contributed by atoms with van der Waals surface area (Å²) in [5.74, 6) is 1.40. The second-order valence-corrected chi connectivity index (χ2v) is 9.14. The largest absolute Gasteiger partial charge is 0.416 e. The van der Waals surface area contributed by atoms with Crippen LogP contribution in [0, 0.1) is 5.92 Å². The first-order valence-corrected chi connectivity index (χ1v) is 11.0. The topological polar surface area (TPSA) is 66.6 Å². The van der Waals surface area contributed by atoms with Crippen LogP contribution in [0.25, 0.3) is 0 Å².